The van der Waals surface area contributed by atoms with Crippen molar-refractivity contribution in [1.82, 2.24) is 0 Å². The summed E-state index contributed by atoms with van der Waals surface area (Å²) in [6.07, 6.45) is 2.74. The van der Waals surface area contributed by atoms with E-state index in [1.807, 2.05) is 11.4 Å². The number of ketones is 1. The molecule has 21 heavy (non-hydrogen) atoms. The fourth-order valence-corrected chi connectivity index (χ4v) is 4.05. The number of nitro benzene ring substituents is 1. The average molecular weight is 301 g/mol. The number of benzene rings is 1. The summed E-state index contributed by atoms with van der Waals surface area (Å²) in [6, 6.07) is 6.79. The summed E-state index contributed by atoms with van der Waals surface area (Å²) in [6.45, 7) is 1.76. The number of nitro groups is 1. The first-order valence-corrected chi connectivity index (χ1v) is 7.82. The standard InChI is InChI=1S/C16H15NO3S/c1-10-4-2-6-13(17(19)20)15(10)16(18)12-5-3-7-14-11(12)8-9-21-14/h2,4,6,8-9,12H,3,5,7H2,1H3. The van der Waals surface area contributed by atoms with Crippen molar-refractivity contribution in [2.45, 2.75) is 32.1 Å². The molecule has 1 unspecified atom stereocenters. The van der Waals surface area contributed by atoms with Gasteiger partial charge in [-0.2, -0.15) is 0 Å². The van der Waals surface area contributed by atoms with Crippen LogP contribution in [0.1, 0.15) is 45.1 Å². The molecule has 2 aromatic rings. The minimum absolute atomic E-state index is 0.0812. The molecule has 0 aliphatic heterocycles. The minimum Gasteiger partial charge on any atom is -0.293 e. The van der Waals surface area contributed by atoms with Crippen LogP contribution >= 0.6 is 11.3 Å². The Bertz CT molecular complexity index is 720. The highest BCUT2D eigenvalue weighted by molar-refractivity contribution is 7.10. The van der Waals surface area contributed by atoms with Crippen molar-refractivity contribution < 1.29 is 9.72 Å². The molecule has 0 bridgehead atoms. The molecule has 3 rings (SSSR count). The summed E-state index contributed by atoms with van der Waals surface area (Å²) in [4.78, 5) is 24.9. The maximum atomic E-state index is 12.9. The van der Waals surface area contributed by atoms with Gasteiger partial charge in [-0.15, -0.1) is 11.3 Å². The molecule has 0 amide bonds. The van der Waals surface area contributed by atoms with E-state index < -0.39 is 4.92 Å². The second-order valence-electron chi connectivity index (χ2n) is 5.33. The molecule has 5 heteroatoms. The molecule has 0 saturated carbocycles. The molecule has 108 valence electrons. The van der Waals surface area contributed by atoms with E-state index in [1.165, 1.54) is 10.9 Å². The van der Waals surface area contributed by atoms with Gasteiger partial charge in [-0.25, -0.2) is 0 Å². The Kier molecular flexibility index (Phi) is 3.59. The zero-order valence-corrected chi connectivity index (χ0v) is 12.5. The first kappa shape index (κ1) is 13.9. The van der Waals surface area contributed by atoms with Crippen molar-refractivity contribution in [3.05, 3.63) is 61.3 Å². The van der Waals surface area contributed by atoms with Gasteiger partial charge in [0.05, 0.1) is 10.5 Å². The Hall–Kier alpha value is -2.01. The summed E-state index contributed by atoms with van der Waals surface area (Å²) in [5.74, 6) is -0.348. The van der Waals surface area contributed by atoms with Gasteiger partial charge in [-0.05, 0) is 48.8 Å². The van der Waals surface area contributed by atoms with Gasteiger partial charge in [-0.3, -0.25) is 14.9 Å². The van der Waals surface area contributed by atoms with Gasteiger partial charge in [0.15, 0.2) is 5.78 Å². The van der Waals surface area contributed by atoms with Gasteiger partial charge >= 0.3 is 0 Å². The zero-order valence-electron chi connectivity index (χ0n) is 11.7. The molecule has 4 nitrogen and oxygen atoms in total. The number of hydrogen-bond acceptors (Lipinski definition) is 4. The van der Waals surface area contributed by atoms with Crippen LogP contribution in [0.2, 0.25) is 0 Å². The van der Waals surface area contributed by atoms with Crippen LogP contribution in [-0.4, -0.2) is 10.7 Å². The molecule has 1 aliphatic carbocycles. The van der Waals surface area contributed by atoms with Crippen LogP contribution in [0.25, 0.3) is 0 Å². The average Bonchev–Trinajstić information content (AvgIpc) is 2.94. The molecular formula is C16H15NO3S. The number of Topliss-reactive ketones (excluding diaryl/α,β-unsaturated/α-hetero) is 1. The van der Waals surface area contributed by atoms with Crippen LogP contribution in [0.5, 0.6) is 0 Å². The van der Waals surface area contributed by atoms with Gasteiger partial charge in [0.1, 0.15) is 0 Å². The topological polar surface area (TPSA) is 60.2 Å². The second-order valence-corrected chi connectivity index (χ2v) is 6.33. The van der Waals surface area contributed by atoms with E-state index in [2.05, 4.69) is 0 Å². The Morgan fingerprint density at radius 2 is 2.19 bits per heavy atom. The van der Waals surface area contributed by atoms with Crippen molar-refractivity contribution in [2.75, 3.05) is 0 Å². The lowest BCUT2D eigenvalue weighted by Gasteiger charge is -2.22. The number of rotatable bonds is 3. The highest BCUT2D eigenvalue weighted by atomic mass is 32.1. The predicted molar refractivity (Wildman–Crippen MR) is 82.2 cm³/mol. The summed E-state index contributed by atoms with van der Waals surface area (Å²) in [7, 11) is 0. The lowest BCUT2D eigenvalue weighted by molar-refractivity contribution is -0.385. The third-order valence-corrected chi connectivity index (χ3v) is 5.06. The van der Waals surface area contributed by atoms with E-state index in [0.717, 1.165) is 24.8 Å². The van der Waals surface area contributed by atoms with Crippen LogP contribution in [0, 0.1) is 17.0 Å². The van der Waals surface area contributed by atoms with Gasteiger partial charge < -0.3 is 0 Å². The number of thiophene rings is 1. The maximum absolute atomic E-state index is 12.9. The Balaban J connectivity index is 2.07. The Morgan fingerprint density at radius 3 is 2.95 bits per heavy atom. The van der Waals surface area contributed by atoms with E-state index in [-0.39, 0.29) is 23.0 Å². The van der Waals surface area contributed by atoms with Crippen LogP contribution in [0.4, 0.5) is 5.69 Å². The van der Waals surface area contributed by atoms with E-state index in [0.29, 0.717) is 5.56 Å². The van der Waals surface area contributed by atoms with Crippen molar-refractivity contribution >= 4 is 22.8 Å². The number of fused-ring (bicyclic) bond motifs is 1. The fraction of sp³-hybridized carbons (Fsp3) is 0.312. The quantitative estimate of drug-likeness (QED) is 0.483. The summed E-state index contributed by atoms with van der Waals surface area (Å²) >= 11 is 1.67. The van der Waals surface area contributed by atoms with Crippen LogP contribution < -0.4 is 0 Å². The molecule has 0 radical (unpaired) electrons. The predicted octanol–water partition coefficient (Wildman–Crippen LogP) is 4.27. The van der Waals surface area contributed by atoms with Crippen LogP contribution in [-0.2, 0) is 6.42 Å². The molecule has 0 spiro atoms. The maximum Gasteiger partial charge on any atom is 0.280 e. The minimum atomic E-state index is -0.461. The largest absolute Gasteiger partial charge is 0.293 e. The molecule has 1 aliphatic rings. The van der Waals surface area contributed by atoms with Gasteiger partial charge in [-0.1, -0.05) is 12.1 Å². The molecule has 1 heterocycles. The van der Waals surface area contributed by atoms with Crippen molar-refractivity contribution in [1.29, 1.82) is 0 Å². The number of carbonyl (C=O) groups is 1. The first-order valence-electron chi connectivity index (χ1n) is 6.94. The SMILES string of the molecule is Cc1cccc([N+](=O)[O-])c1C(=O)C1CCCc2sccc21. The molecule has 1 atom stereocenters. The first-order chi connectivity index (χ1) is 10.1. The monoisotopic (exact) mass is 301 g/mol. The summed E-state index contributed by atoms with van der Waals surface area (Å²) in [5.41, 5.74) is 1.93. The lowest BCUT2D eigenvalue weighted by Crippen LogP contribution is -2.19. The summed E-state index contributed by atoms with van der Waals surface area (Å²) in [5, 5.41) is 13.2. The molecule has 1 aromatic carbocycles. The number of carbonyl (C=O) groups excluding carboxylic acids is 1. The third-order valence-electron chi connectivity index (χ3n) is 4.06. The summed E-state index contributed by atoms with van der Waals surface area (Å²) < 4.78 is 0. The Labute approximate surface area is 126 Å². The van der Waals surface area contributed by atoms with E-state index in [1.54, 1.807) is 30.4 Å². The number of aryl methyl sites for hydroxylation is 2. The van der Waals surface area contributed by atoms with Gasteiger partial charge in [0.25, 0.3) is 5.69 Å². The van der Waals surface area contributed by atoms with Crippen molar-refractivity contribution in [2.24, 2.45) is 0 Å². The smallest absolute Gasteiger partial charge is 0.280 e. The highest BCUT2D eigenvalue weighted by Gasteiger charge is 2.32. The second kappa shape index (κ2) is 5.41. The van der Waals surface area contributed by atoms with E-state index >= 15 is 0 Å². The van der Waals surface area contributed by atoms with Crippen LogP contribution in [0.3, 0.4) is 0 Å². The molecular weight excluding hydrogens is 286 g/mol. The van der Waals surface area contributed by atoms with Gasteiger partial charge in [0.2, 0.25) is 0 Å². The van der Waals surface area contributed by atoms with Crippen molar-refractivity contribution in [3.8, 4) is 0 Å². The fourth-order valence-electron chi connectivity index (χ4n) is 3.06. The Morgan fingerprint density at radius 1 is 1.38 bits per heavy atom. The lowest BCUT2D eigenvalue weighted by atomic mass is 9.81. The van der Waals surface area contributed by atoms with Crippen molar-refractivity contribution in [3.63, 3.8) is 0 Å². The molecule has 0 N–H and O–H groups in total. The number of hydrogen-bond donors (Lipinski definition) is 0. The third kappa shape index (κ3) is 2.38. The van der Waals surface area contributed by atoms with E-state index in [4.69, 9.17) is 0 Å². The van der Waals surface area contributed by atoms with Gasteiger partial charge in [0, 0.05) is 16.9 Å². The normalized spacial score (nSPS) is 17.3. The van der Waals surface area contributed by atoms with Crippen LogP contribution in [0.15, 0.2) is 29.6 Å². The number of nitrogens with zero attached hydrogens (tertiary/aromatic N) is 1. The molecule has 0 saturated heterocycles. The van der Waals surface area contributed by atoms with E-state index in [9.17, 15) is 14.9 Å². The molecule has 1 aromatic heterocycles. The highest BCUT2D eigenvalue weighted by Crippen LogP contribution is 2.38. The molecule has 0 fully saturated rings. The zero-order chi connectivity index (χ0) is 15.0.